The Labute approximate surface area is 90.4 Å². The van der Waals surface area contributed by atoms with Crippen molar-refractivity contribution in [2.24, 2.45) is 4.99 Å². The van der Waals surface area contributed by atoms with E-state index in [9.17, 15) is 10.4 Å². The zero-order valence-corrected chi connectivity index (χ0v) is 8.75. The summed E-state index contributed by atoms with van der Waals surface area (Å²) in [5.74, 6) is 0. The van der Waals surface area contributed by atoms with E-state index in [4.69, 9.17) is 5.41 Å². The van der Waals surface area contributed by atoms with E-state index in [0.29, 0.717) is 32.2 Å². The van der Waals surface area contributed by atoms with Crippen LogP contribution in [0.1, 0.15) is 6.92 Å². The van der Waals surface area contributed by atoms with Crippen LogP contribution in [0, 0.1) is 16.0 Å². The molecule has 0 amide bonds. The van der Waals surface area contributed by atoms with Gasteiger partial charge in [0.25, 0.3) is 0 Å². The predicted molar refractivity (Wildman–Crippen MR) is 54.0 cm³/mol. The van der Waals surface area contributed by atoms with Crippen LogP contribution in [-0.2, 0) is 0 Å². The molecule has 1 aliphatic heterocycles. The summed E-state index contributed by atoms with van der Waals surface area (Å²) in [6, 6.07) is 4.80. The molecule has 6 nitrogen and oxygen atoms in total. The Balaban J connectivity index is 3.17. The highest BCUT2D eigenvalue weighted by Crippen LogP contribution is 1.89. The molecule has 0 unspecified atom stereocenters. The second-order valence-electron chi connectivity index (χ2n) is 3.29. The number of aromatic nitrogens is 2. The van der Waals surface area contributed by atoms with Crippen molar-refractivity contribution in [3.05, 3.63) is 45.7 Å². The van der Waals surface area contributed by atoms with E-state index in [0.717, 1.165) is 0 Å². The average molecular weight is 220 g/mol. The van der Waals surface area contributed by atoms with Gasteiger partial charge in [0, 0.05) is 11.8 Å². The second kappa shape index (κ2) is 3.73. The zero-order valence-electron chi connectivity index (χ0n) is 8.75. The zero-order chi connectivity index (χ0) is 11.7. The Morgan fingerprint density at radius 3 is 2.75 bits per heavy atom. The minimum absolute atomic E-state index is 0.272. The summed E-state index contributed by atoms with van der Waals surface area (Å²) in [4.78, 5) is 5.30. The van der Waals surface area contributed by atoms with Crippen molar-refractivity contribution in [3.8, 4) is 0 Å². The highest BCUT2D eigenvalue weighted by molar-refractivity contribution is 5.07. The largest absolute Gasteiger partial charge is 0.411 e. The van der Waals surface area contributed by atoms with Crippen LogP contribution in [0.2, 0.25) is 0 Å². The average Bonchev–Trinajstić information content (AvgIpc) is 2.27. The van der Waals surface area contributed by atoms with Gasteiger partial charge in [0.1, 0.15) is 5.35 Å². The van der Waals surface area contributed by atoms with Crippen LogP contribution >= 0.6 is 0 Å². The molecule has 0 saturated heterocycles. The molecule has 0 radical (unpaired) electrons. The first-order chi connectivity index (χ1) is 7.65. The van der Waals surface area contributed by atoms with Gasteiger partial charge in [-0.25, -0.2) is 0 Å². The third kappa shape index (κ3) is 1.44. The minimum atomic E-state index is 0.272. The lowest BCUT2D eigenvalue weighted by Gasteiger charge is -2.06. The van der Waals surface area contributed by atoms with Gasteiger partial charge in [0.05, 0.1) is 16.9 Å². The molecule has 0 aromatic heterocycles. The van der Waals surface area contributed by atoms with Crippen molar-refractivity contribution in [2.75, 3.05) is 6.54 Å². The van der Waals surface area contributed by atoms with E-state index in [1.54, 1.807) is 18.2 Å². The van der Waals surface area contributed by atoms with Crippen LogP contribution < -0.4 is 10.7 Å². The molecule has 2 aliphatic rings. The van der Waals surface area contributed by atoms with Crippen molar-refractivity contribution in [1.82, 2.24) is 9.69 Å². The maximum absolute atomic E-state index is 9.68. The Morgan fingerprint density at radius 1 is 1.31 bits per heavy atom. The monoisotopic (exact) mass is 220 g/mol. The molecule has 6 heteroatoms. The van der Waals surface area contributed by atoms with Crippen molar-refractivity contribution < 1.29 is 10.4 Å². The summed E-state index contributed by atoms with van der Waals surface area (Å²) in [6.45, 7) is 2.44. The molecule has 0 atom stereocenters. The van der Waals surface area contributed by atoms with Crippen molar-refractivity contribution in [2.45, 2.75) is 6.92 Å². The predicted octanol–water partition coefficient (Wildman–Crippen LogP) is -0.111. The highest BCUT2D eigenvalue weighted by atomic mass is 16.6. The number of hydrogen-bond donors (Lipinski definition) is 3. The van der Waals surface area contributed by atoms with E-state index < -0.39 is 0 Å². The first-order valence-electron chi connectivity index (χ1n) is 4.86. The maximum Gasteiger partial charge on any atom is 0.137 e. The van der Waals surface area contributed by atoms with E-state index in [-0.39, 0.29) is 5.36 Å². The molecule has 0 spiro atoms. The van der Waals surface area contributed by atoms with Crippen LogP contribution in [0.15, 0.2) is 29.4 Å². The number of hydrogen-bond acceptors (Lipinski definition) is 4. The van der Waals surface area contributed by atoms with Crippen molar-refractivity contribution >= 4 is 0 Å². The molecule has 0 fully saturated rings. The van der Waals surface area contributed by atoms with Crippen LogP contribution in [-0.4, -0.2) is 26.6 Å². The van der Waals surface area contributed by atoms with Gasteiger partial charge in [0.2, 0.25) is 0 Å². The number of nitrogens with one attached hydrogen (secondary N) is 1. The fraction of sp³-hybridized carbons (Fsp3) is 0.200. The third-order valence-electron chi connectivity index (χ3n) is 2.29. The Morgan fingerprint density at radius 2 is 2.06 bits per heavy atom. The topological polar surface area (TPSA) is 86.5 Å². The van der Waals surface area contributed by atoms with E-state index >= 15 is 0 Å². The first kappa shape index (κ1) is 10.3. The SMILES string of the molecule is CCN=c1ccc(=N)c2ccn(O)n(O)c1=2. The highest BCUT2D eigenvalue weighted by Gasteiger charge is 2.01. The van der Waals surface area contributed by atoms with Gasteiger partial charge in [-0.05, 0) is 25.1 Å². The molecular formula is C10H12N4O2. The normalized spacial score (nSPS) is 12.2. The lowest BCUT2D eigenvalue weighted by atomic mass is 10.2. The van der Waals surface area contributed by atoms with Crippen molar-refractivity contribution in [1.29, 1.82) is 5.41 Å². The number of rotatable bonds is 1. The molecule has 0 aromatic carbocycles. The third-order valence-corrected chi connectivity index (χ3v) is 2.29. The molecule has 0 aromatic rings. The van der Waals surface area contributed by atoms with E-state index in [2.05, 4.69) is 4.99 Å². The summed E-state index contributed by atoms with van der Waals surface area (Å²) < 4.78 is 0. The standard InChI is InChI=1S/C10H12N4O2/c1-2-12-9-4-3-8(11)7-5-6-13(15)14(16)10(7)9/h3-6,11,15-16H,2H2,1H3. The lowest BCUT2D eigenvalue weighted by molar-refractivity contribution is -0.0220. The fourth-order valence-electron chi connectivity index (χ4n) is 1.58. The summed E-state index contributed by atoms with van der Waals surface area (Å²) in [5.41, 5.74) is 0. The van der Waals surface area contributed by atoms with E-state index in [1.165, 1.54) is 6.20 Å². The molecule has 16 heavy (non-hydrogen) atoms. The van der Waals surface area contributed by atoms with Crippen LogP contribution in [0.4, 0.5) is 0 Å². The van der Waals surface area contributed by atoms with Gasteiger partial charge in [-0.2, -0.15) is 0 Å². The number of nitrogens with zero attached hydrogens (tertiary/aromatic N) is 3. The van der Waals surface area contributed by atoms with Gasteiger partial charge in [-0.15, -0.1) is 0 Å². The molecule has 2 rings (SSSR count). The Kier molecular flexibility index (Phi) is 2.40. The quantitative estimate of drug-likeness (QED) is 0.585. The molecule has 84 valence electrons. The van der Waals surface area contributed by atoms with Gasteiger partial charge >= 0.3 is 0 Å². The van der Waals surface area contributed by atoms with E-state index in [1.807, 2.05) is 6.92 Å². The molecular weight excluding hydrogens is 208 g/mol. The molecule has 1 aliphatic carbocycles. The molecule has 3 N–H and O–H groups in total. The lowest BCUT2D eigenvalue weighted by Crippen LogP contribution is -2.24. The first-order valence-corrected chi connectivity index (χ1v) is 4.86. The van der Waals surface area contributed by atoms with Crippen molar-refractivity contribution in [3.63, 3.8) is 0 Å². The smallest absolute Gasteiger partial charge is 0.137 e. The minimum Gasteiger partial charge on any atom is -0.411 e. The van der Waals surface area contributed by atoms with Gasteiger partial charge < -0.3 is 15.8 Å². The summed E-state index contributed by atoms with van der Waals surface area (Å²) in [7, 11) is 0. The molecule has 0 bridgehead atoms. The van der Waals surface area contributed by atoms with Crippen LogP contribution in [0.5, 0.6) is 0 Å². The van der Waals surface area contributed by atoms with Gasteiger partial charge in [-0.3, -0.25) is 4.99 Å². The fourth-order valence-corrected chi connectivity index (χ4v) is 1.58. The second-order valence-corrected chi connectivity index (χ2v) is 3.29. The molecule has 0 saturated carbocycles. The summed E-state index contributed by atoms with van der Waals surface area (Å²) in [6.07, 6.45) is 1.26. The van der Waals surface area contributed by atoms with Gasteiger partial charge in [-0.1, -0.05) is 9.69 Å². The Bertz CT molecular complexity index is 698. The van der Waals surface area contributed by atoms with Crippen LogP contribution in [0.25, 0.3) is 0 Å². The molecule has 1 heterocycles. The van der Waals surface area contributed by atoms with Crippen LogP contribution in [0.3, 0.4) is 0 Å². The summed E-state index contributed by atoms with van der Waals surface area (Å²) >= 11 is 0. The Hall–Kier alpha value is -2.24. The summed E-state index contributed by atoms with van der Waals surface area (Å²) in [5, 5.41) is 28.4. The van der Waals surface area contributed by atoms with Gasteiger partial charge in [0.15, 0.2) is 0 Å². The maximum atomic E-state index is 9.68.